The molecular formula is C21H36IN5O3S. The molecule has 0 spiro atoms. The van der Waals surface area contributed by atoms with Gasteiger partial charge in [0.15, 0.2) is 5.96 Å². The van der Waals surface area contributed by atoms with Crippen molar-refractivity contribution >= 4 is 40.0 Å². The van der Waals surface area contributed by atoms with Crippen LogP contribution in [0.2, 0.25) is 0 Å². The second-order valence-corrected chi connectivity index (χ2v) is 10.2. The molecule has 2 aliphatic rings. The SMILES string of the molecule is CN=C(NCc1ccc(S(=O)(=O)N(C)C(C)C)cc1)N1CCC(N2CCOCC2)C1.I. The Hall–Kier alpha value is -0.950. The summed E-state index contributed by atoms with van der Waals surface area (Å²) in [6.07, 6.45) is 1.14. The predicted octanol–water partition coefficient (Wildman–Crippen LogP) is 1.82. The van der Waals surface area contributed by atoms with Gasteiger partial charge < -0.3 is 15.0 Å². The maximum absolute atomic E-state index is 12.6. The second kappa shape index (κ2) is 11.8. The summed E-state index contributed by atoms with van der Waals surface area (Å²) in [4.78, 5) is 9.59. The van der Waals surface area contributed by atoms with Crippen molar-refractivity contribution in [1.29, 1.82) is 0 Å². The highest BCUT2D eigenvalue weighted by Gasteiger charge is 2.30. The van der Waals surface area contributed by atoms with Gasteiger partial charge in [0.2, 0.25) is 10.0 Å². The third-order valence-corrected chi connectivity index (χ3v) is 8.06. The molecule has 2 saturated heterocycles. The van der Waals surface area contributed by atoms with E-state index in [1.165, 1.54) is 4.31 Å². The molecule has 10 heteroatoms. The van der Waals surface area contributed by atoms with Gasteiger partial charge in [0.25, 0.3) is 0 Å². The molecule has 3 rings (SSSR count). The summed E-state index contributed by atoms with van der Waals surface area (Å²) in [6, 6.07) is 7.55. The lowest BCUT2D eigenvalue weighted by Gasteiger charge is -2.32. The van der Waals surface area contributed by atoms with Crippen LogP contribution < -0.4 is 5.32 Å². The van der Waals surface area contributed by atoms with E-state index in [4.69, 9.17) is 4.74 Å². The fourth-order valence-electron chi connectivity index (χ4n) is 3.91. The number of benzene rings is 1. The Bertz CT molecular complexity index is 826. The summed E-state index contributed by atoms with van der Waals surface area (Å²) in [5.41, 5.74) is 1.02. The molecule has 0 bridgehead atoms. The van der Waals surface area contributed by atoms with Crippen LogP contribution in [0.3, 0.4) is 0 Å². The zero-order valence-corrected chi connectivity index (χ0v) is 22.1. The van der Waals surface area contributed by atoms with Gasteiger partial charge in [-0.2, -0.15) is 4.31 Å². The fraction of sp³-hybridized carbons (Fsp3) is 0.667. The van der Waals surface area contributed by atoms with Gasteiger partial charge in [-0.3, -0.25) is 9.89 Å². The minimum absolute atomic E-state index is 0. The van der Waals surface area contributed by atoms with Gasteiger partial charge in [0.1, 0.15) is 0 Å². The Kier molecular flexibility index (Phi) is 9.99. The molecule has 8 nitrogen and oxygen atoms in total. The Morgan fingerprint density at radius 3 is 2.45 bits per heavy atom. The van der Waals surface area contributed by atoms with Crippen LogP contribution in [-0.2, 0) is 21.3 Å². The molecular weight excluding hydrogens is 529 g/mol. The molecule has 1 aromatic carbocycles. The van der Waals surface area contributed by atoms with Crippen molar-refractivity contribution in [3.63, 3.8) is 0 Å². The van der Waals surface area contributed by atoms with Gasteiger partial charge in [-0.05, 0) is 38.0 Å². The highest BCUT2D eigenvalue weighted by Crippen LogP contribution is 2.19. The first-order chi connectivity index (χ1) is 14.3. The molecule has 0 aromatic heterocycles. The molecule has 1 aromatic rings. The first-order valence-electron chi connectivity index (χ1n) is 10.7. The maximum Gasteiger partial charge on any atom is 0.243 e. The van der Waals surface area contributed by atoms with E-state index in [-0.39, 0.29) is 30.0 Å². The number of nitrogens with one attached hydrogen (secondary N) is 1. The van der Waals surface area contributed by atoms with E-state index in [9.17, 15) is 8.42 Å². The van der Waals surface area contributed by atoms with Crippen molar-refractivity contribution in [1.82, 2.24) is 19.4 Å². The lowest BCUT2D eigenvalue weighted by Crippen LogP contribution is -2.46. The van der Waals surface area contributed by atoms with E-state index < -0.39 is 10.0 Å². The van der Waals surface area contributed by atoms with E-state index in [0.717, 1.165) is 57.3 Å². The summed E-state index contributed by atoms with van der Waals surface area (Å²) in [6.45, 7) is 9.94. The largest absolute Gasteiger partial charge is 0.379 e. The average molecular weight is 566 g/mol. The smallest absolute Gasteiger partial charge is 0.243 e. The van der Waals surface area contributed by atoms with Crippen LogP contribution in [0.25, 0.3) is 0 Å². The highest BCUT2D eigenvalue weighted by molar-refractivity contribution is 14.0. The number of nitrogens with zero attached hydrogens (tertiary/aromatic N) is 4. The number of hydrogen-bond donors (Lipinski definition) is 1. The Balaban J connectivity index is 0.00000341. The Labute approximate surface area is 204 Å². The van der Waals surface area contributed by atoms with Crippen molar-refractivity contribution in [2.45, 2.75) is 43.8 Å². The number of halogens is 1. The zero-order chi connectivity index (χ0) is 21.7. The van der Waals surface area contributed by atoms with Crippen LogP contribution in [0.4, 0.5) is 0 Å². The molecule has 0 saturated carbocycles. The summed E-state index contributed by atoms with van der Waals surface area (Å²) < 4.78 is 32.1. The molecule has 2 heterocycles. The van der Waals surface area contributed by atoms with Gasteiger partial charge in [0, 0.05) is 58.9 Å². The number of hydrogen-bond acceptors (Lipinski definition) is 5. The lowest BCUT2D eigenvalue weighted by atomic mass is 10.2. The highest BCUT2D eigenvalue weighted by atomic mass is 127. The number of aliphatic imine (C=N–C) groups is 1. The maximum atomic E-state index is 12.6. The zero-order valence-electron chi connectivity index (χ0n) is 19.0. The molecule has 1 atom stereocenters. The molecule has 1 unspecified atom stereocenters. The molecule has 2 fully saturated rings. The van der Waals surface area contributed by atoms with Crippen molar-refractivity contribution in [3.8, 4) is 0 Å². The van der Waals surface area contributed by atoms with Crippen LogP contribution in [-0.4, -0.2) is 94.1 Å². The van der Waals surface area contributed by atoms with Gasteiger partial charge in [-0.1, -0.05) is 12.1 Å². The van der Waals surface area contributed by atoms with E-state index >= 15 is 0 Å². The molecule has 176 valence electrons. The topological polar surface area (TPSA) is 77.5 Å². The first kappa shape index (κ1) is 26.3. The number of sulfonamides is 1. The molecule has 0 aliphatic carbocycles. The van der Waals surface area contributed by atoms with Gasteiger partial charge in [-0.25, -0.2) is 8.42 Å². The minimum atomic E-state index is -3.45. The average Bonchev–Trinajstić information content (AvgIpc) is 3.24. The van der Waals surface area contributed by atoms with Crippen LogP contribution in [0, 0.1) is 0 Å². The summed E-state index contributed by atoms with van der Waals surface area (Å²) in [7, 11) is -0.0354. The fourth-order valence-corrected chi connectivity index (χ4v) is 5.28. The molecule has 0 radical (unpaired) electrons. The number of likely N-dealkylation sites (tertiary alicyclic amines) is 1. The normalized spacial score (nSPS) is 20.9. The van der Waals surface area contributed by atoms with Gasteiger partial charge >= 0.3 is 0 Å². The number of morpholine rings is 1. The summed E-state index contributed by atoms with van der Waals surface area (Å²) in [5, 5.41) is 3.42. The van der Waals surface area contributed by atoms with Crippen molar-refractivity contribution in [2.24, 2.45) is 4.99 Å². The second-order valence-electron chi connectivity index (χ2n) is 8.20. The van der Waals surface area contributed by atoms with E-state index in [2.05, 4.69) is 20.1 Å². The summed E-state index contributed by atoms with van der Waals surface area (Å²) >= 11 is 0. The predicted molar refractivity (Wildman–Crippen MR) is 135 cm³/mol. The van der Waals surface area contributed by atoms with Crippen molar-refractivity contribution in [2.75, 3.05) is 53.5 Å². The van der Waals surface area contributed by atoms with Gasteiger partial charge in [0.05, 0.1) is 18.1 Å². The van der Waals surface area contributed by atoms with Gasteiger partial charge in [-0.15, -0.1) is 24.0 Å². The monoisotopic (exact) mass is 565 g/mol. The van der Waals surface area contributed by atoms with E-state index in [0.29, 0.717) is 17.5 Å². The Morgan fingerprint density at radius 2 is 1.87 bits per heavy atom. The molecule has 2 aliphatic heterocycles. The van der Waals surface area contributed by atoms with Crippen LogP contribution >= 0.6 is 24.0 Å². The number of ether oxygens (including phenoxy) is 1. The van der Waals surface area contributed by atoms with Crippen molar-refractivity contribution in [3.05, 3.63) is 29.8 Å². The van der Waals surface area contributed by atoms with E-state index in [1.54, 1.807) is 19.2 Å². The van der Waals surface area contributed by atoms with Crippen molar-refractivity contribution < 1.29 is 13.2 Å². The minimum Gasteiger partial charge on any atom is -0.379 e. The standard InChI is InChI=1S/C21H35N5O3S.HI/c1-17(2)24(4)30(27,28)20-7-5-18(6-8-20)15-23-21(22-3)26-10-9-19(16-26)25-11-13-29-14-12-25;/h5-8,17,19H,9-16H2,1-4H3,(H,22,23);1H. The number of guanidine groups is 1. The third-order valence-electron chi connectivity index (χ3n) is 6.01. The van der Waals surface area contributed by atoms with Crippen LogP contribution in [0.15, 0.2) is 34.2 Å². The first-order valence-corrected chi connectivity index (χ1v) is 12.1. The van der Waals surface area contributed by atoms with E-state index in [1.807, 2.05) is 33.0 Å². The summed E-state index contributed by atoms with van der Waals surface area (Å²) in [5.74, 6) is 0.891. The van der Waals surface area contributed by atoms with Crippen LogP contribution in [0.1, 0.15) is 25.8 Å². The quantitative estimate of drug-likeness (QED) is 0.322. The van der Waals surface area contributed by atoms with Crippen LogP contribution in [0.5, 0.6) is 0 Å². The molecule has 0 amide bonds. The molecule has 1 N–H and O–H groups in total. The third kappa shape index (κ3) is 6.53. The lowest BCUT2D eigenvalue weighted by molar-refractivity contribution is 0.0195. The molecule has 31 heavy (non-hydrogen) atoms. The Morgan fingerprint density at radius 1 is 1.23 bits per heavy atom. The number of rotatable bonds is 6.